The number of rotatable bonds is 9. The number of ether oxygens (including phenoxy) is 1. The van der Waals surface area contributed by atoms with Gasteiger partial charge in [-0.05, 0) is 12.8 Å². The molecule has 0 bridgehead atoms. The van der Waals surface area contributed by atoms with Gasteiger partial charge in [0.15, 0.2) is 5.78 Å². The van der Waals surface area contributed by atoms with E-state index in [1.807, 2.05) is 0 Å². The Labute approximate surface area is 162 Å². The van der Waals surface area contributed by atoms with Crippen LogP contribution in [0, 0.1) is 0 Å². The number of nitrogens with two attached hydrogens (primary N) is 2. The first-order valence-electron chi connectivity index (χ1n) is 8.08. The number of Topliss-reactive ketones (excluding diaryl/α,β-unsaturated/α-hetero) is 1. The fraction of sp³-hybridized carbons (Fsp3) is 0.533. The molecule has 0 unspecified atom stereocenters. The number of β-lactam (4-membered cyclic amide) rings is 1. The average molecular weight is 417 g/mol. The lowest BCUT2D eigenvalue weighted by atomic mass is 9.83. The predicted octanol–water partition coefficient (Wildman–Crippen LogP) is -1.78. The van der Waals surface area contributed by atoms with Gasteiger partial charge in [0.2, 0.25) is 5.60 Å². The Morgan fingerprint density at radius 3 is 2.50 bits per heavy atom. The second-order valence-electron chi connectivity index (χ2n) is 6.23. The van der Waals surface area contributed by atoms with E-state index in [4.69, 9.17) is 16.6 Å². The highest BCUT2D eigenvalue weighted by molar-refractivity contribution is 8.00. The van der Waals surface area contributed by atoms with E-state index in [0.717, 1.165) is 16.7 Å². The monoisotopic (exact) mass is 417 g/mol. The molecule has 13 heteroatoms. The Bertz CT molecular complexity index is 768. The smallest absolute Gasteiger partial charge is 0.404 e. The highest BCUT2D eigenvalue weighted by Crippen LogP contribution is 2.47. The Morgan fingerprint density at radius 2 is 1.96 bits per heavy atom. The van der Waals surface area contributed by atoms with E-state index >= 15 is 0 Å². The fourth-order valence-electron chi connectivity index (χ4n) is 2.92. The van der Waals surface area contributed by atoms with Crippen LogP contribution in [0.15, 0.2) is 11.3 Å². The number of carboxylic acids is 2. The van der Waals surface area contributed by atoms with Gasteiger partial charge in [-0.2, -0.15) is 0 Å². The quantitative estimate of drug-likeness (QED) is 0.209. The van der Waals surface area contributed by atoms with Crippen molar-refractivity contribution in [3.8, 4) is 0 Å². The summed E-state index contributed by atoms with van der Waals surface area (Å²) in [7, 11) is 0. The van der Waals surface area contributed by atoms with Gasteiger partial charge in [0.25, 0.3) is 5.91 Å². The zero-order valence-electron chi connectivity index (χ0n) is 14.5. The minimum atomic E-state index is -2.41. The number of carbonyl (C=O) groups is 5. The molecule has 1 saturated heterocycles. The van der Waals surface area contributed by atoms with E-state index in [-0.39, 0.29) is 30.6 Å². The van der Waals surface area contributed by atoms with Crippen molar-refractivity contribution in [3.63, 3.8) is 0 Å². The molecule has 0 aromatic carbocycles. The topological polar surface area (TPSA) is 211 Å². The number of ketones is 1. The lowest BCUT2D eigenvalue weighted by molar-refractivity contribution is -0.183. The van der Waals surface area contributed by atoms with Crippen molar-refractivity contribution in [1.82, 2.24) is 4.90 Å². The molecule has 1 fully saturated rings. The van der Waals surface area contributed by atoms with Crippen LogP contribution in [0.5, 0.6) is 0 Å². The molecule has 2 heterocycles. The number of carbonyl (C=O) groups excluding carboxylic acids is 3. The van der Waals surface area contributed by atoms with Gasteiger partial charge in [0.05, 0.1) is 0 Å². The molecule has 28 heavy (non-hydrogen) atoms. The average Bonchev–Trinajstić information content (AvgIpc) is 2.63. The summed E-state index contributed by atoms with van der Waals surface area (Å²) >= 11 is 0.940. The zero-order valence-corrected chi connectivity index (χ0v) is 15.3. The molecule has 7 N–H and O–H groups in total. The van der Waals surface area contributed by atoms with Gasteiger partial charge >= 0.3 is 18.0 Å². The van der Waals surface area contributed by atoms with Gasteiger partial charge in [0.1, 0.15) is 23.7 Å². The maximum Gasteiger partial charge on any atom is 0.404 e. The van der Waals surface area contributed by atoms with E-state index in [1.165, 1.54) is 0 Å². The number of fused-ring (bicyclic) bond motifs is 1. The number of thioether (sulfide) groups is 1. The van der Waals surface area contributed by atoms with E-state index < -0.39 is 59.0 Å². The summed E-state index contributed by atoms with van der Waals surface area (Å²) in [5.41, 5.74) is 7.41. The molecule has 154 valence electrons. The molecule has 0 aliphatic carbocycles. The molecule has 0 aromatic rings. The van der Waals surface area contributed by atoms with Crippen molar-refractivity contribution in [2.75, 3.05) is 12.4 Å². The Hall–Kier alpha value is -2.64. The first kappa shape index (κ1) is 21.7. The lowest BCUT2D eigenvalue weighted by Gasteiger charge is -2.53. The fourth-order valence-corrected chi connectivity index (χ4v) is 4.33. The second-order valence-corrected chi connectivity index (χ2v) is 7.30. The zero-order chi connectivity index (χ0) is 21.2. The normalized spacial score (nSPS) is 24.9. The van der Waals surface area contributed by atoms with E-state index in [2.05, 4.69) is 4.74 Å². The molecule has 0 spiro atoms. The highest BCUT2D eigenvalue weighted by Gasteiger charge is 2.67. The SMILES string of the molecule is NC(=O)OCC1=C(C(=O)O)N2C(=O)[C@@](O)(C(=O)CCC[C@@H](N)C(=O)O)[C@H]2SC1. The summed E-state index contributed by atoms with van der Waals surface area (Å²) in [6.07, 6.45) is -1.40. The third kappa shape index (κ3) is 3.81. The second kappa shape index (κ2) is 8.16. The largest absolute Gasteiger partial charge is 0.480 e. The van der Waals surface area contributed by atoms with E-state index in [9.17, 15) is 34.2 Å². The van der Waals surface area contributed by atoms with Crippen LogP contribution in [-0.2, 0) is 23.9 Å². The maximum absolute atomic E-state index is 12.5. The number of carboxylic acid groups (broad SMARTS) is 2. The third-order valence-corrected chi connectivity index (χ3v) is 5.76. The summed E-state index contributed by atoms with van der Waals surface area (Å²) in [6, 6.07) is -1.17. The maximum atomic E-state index is 12.5. The lowest BCUT2D eigenvalue weighted by Crippen LogP contribution is -2.76. The highest BCUT2D eigenvalue weighted by atomic mass is 32.2. The molecule has 0 radical (unpaired) electrons. The van der Waals surface area contributed by atoms with Crippen LogP contribution in [0.1, 0.15) is 19.3 Å². The molecule has 0 aromatic heterocycles. The van der Waals surface area contributed by atoms with Crippen LogP contribution in [-0.4, -0.2) is 79.3 Å². The molecule has 0 saturated carbocycles. The number of aliphatic carboxylic acids is 2. The van der Waals surface area contributed by atoms with Gasteiger partial charge in [-0.3, -0.25) is 19.3 Å². The first-order valence-corrected chi connectivity index (χ1v) is 9.13. The number of hydrogen-bond acceptors (Lipinski definition) is 9. The minimum Gasteiger partial charge on any atom is -0.480 e. The predicted molar refractivity (Wildman–Crippen MR) is 92.7 cm³/mol. The van der Waals surface area contributed by atoms with Crippen LogP contribution in [0.3, 0.4) is 0 Å². The van der Waals surface area contributed by atoms with Gasteiger partial charge in [-0.25, -0.2) is 9.59 Å². The molecular formula is C15H19N3O9S. The van der Waals surface area contributed by atoms with Crippen LogP contribution in [0.4, 0.5) is 4.79 Å². The minimum absolute atomic E-state index is 0.0111. The summed E-state index contributed by atoms with van der Waals surface area (Å²) in [5.74, 6) is -4.68. The van der Waals surface area contributed by atoms with Gasteiger partial charge < -0.3 is 31.5 Å². The standard InChI is InChI=1S/C15H19N3O9S/c16-7(10(20)21)2-1-3-8(19)15(26)12(24)18-9(11(22)23)6(4-27-14(17)25)5-28-13(15)18/h7,13,26H,1-5,16H2,(H2,17,25)(H,20,21)(H,22,23)/t7-,13-,15+/m1/s1. The van der Waals surface area contributed by atoms with Crippen molar-refractivity contribution >= 4 is 41.5 Å². The molecule has 2 aliphatic heterocycles. The Balaban J connectivity index is 2.13. The molecule has 3 atom stereocenters. The van der Waals surface area contributed by atoms with Crippen LogP contribution < -0.4 is 11.5 Å². The van der Waals surface area contributed by atoms with Gasteiger partial charge in [0, 0.05) is 17.7 Å². The van der Waals surface area contributed by atoms with Crippen molar-refractivity contribution in [3.05, 3.63) is 11.3 Å². The summed E-state index contributed by atoms with van der Waals surface area (Å²) in [5, 5.41) is 27.6. The third-order valence-electron chi connectivity index (χ3n) is 4.38. The first-order chi connectivity index (χ1) is 13.0. The van der Waals surface area contributed by atoms with Crippen molar-refractivity contribution in [2.45, 2.75) is 36.3 Å². The number of amides is 2. The number of nitrogens with zero attached hydrogens (tertiary/aromatic N) is 1. The Kier molecular flexibility index (Phi) is 6.31. The number of primary amides is 1. The van der Waals surface area contributed by atoms with Crippen LogP contribution in [0.25, 0.3) is 0 Å². The van der Waals surface area contributed by atoms with Crippen molar-refractivity contribution in [2.24, 2.45) is 11.5 Å². The molecular weight excluding hydrogens is 398 g/mol. The Morgan fingerprint density at radius 1 is 1.32 bits per heavy atom. The summed E-state index contributed by atoms with van der Waals surface area (Å²) in [4.78, 5) is 58.6. The van der Waals surface area contributed by atoms with Crippen LogP contribution >= 0.6 is 11.8 Å². The number of hydrogen-bond donors (Lipinski definition) is 5. The summed E-state index contributed by atoms with van der Waals surface area (Å²) < 4.78 is 4.58. The molecule has 12 nitrogen and oxygen atoms in total. The van der Waals surface area contributed by atoms with E-state index in [0.29, 0.717) is 0 Å². The van der Waals surface area contributed by atoms with Crippen molar-refractivity contribution < 1.29 is 44.0 Å². The molecule has 2 rings (SSSR count). The van der Waals surface area contributed by atoms with Gasteiger partial charge in [-0.1, -0.05) is 0 Å². The molecule has 2 aliphatic rings. The molecule has 2 amide bonds. The van der Waals surface area contributed by atoms with Crippen LogP contribution in [0.2, 0.25) is 0 Å². The van der Waals surface area contributed by atoms with E-state index in [1.54, 1.807) is 0 Å². The van der Waals surface area contributed by atoms with Crippen molar-refractivity contribution in [1.29, 1.82) is 0 Å². The number of aliphatic hydroxyl groups is 1. The summed E-state index contributed by atoms with van der Waals surface area (Å²) in [6.45, 7) is -0.445. The van der Waals surface area contributed by atoms with Gasteiger partial charge in [-0.15, -0.1) is 11.8 Å².